The molecule has 0 bridgehead atoms. The van der Waals surface area contributed by atoms with Crippen LogP contribution in [0.3, 0.4) is 0 Å². The van der Waals surface area contributed by atoms with Crippen molar-refractivity contribution in [3.05, 3.63) is 30.3 Å². The molecular formula is C16H26IN3O2S. The fourth-order valence-corrected chi connectivity index (χ4v) is 4.01. The molecule has 130 valence electrons. The quantitative estimate of drug-likeness (QED) is 0.323. The Bertz CT molecular complexity index is 605. The molecule has 0 aliphatic carbocycles. The molecule has 2 rings (SSSR count). The maximum absolute atomic E-state index is 12.1. The molecule has 1 heterocycles. The molecule has 0 radical (unpaired) electrons. The summed E-state index contributed by atoms with van der Waals surface area (Å²) in [7, 11) is -3.22. The number of guanidine groups is 1. The number of sulfone groups is 1. The highest BCUT2D eigenvalue weighted by molar-refractivity contribution is 14.0. The van der Waals surface area contributed by atoms with Gasteiger partial charge in [-0.25, -0.2) is 8.42 Å². The highest BCUT2D eigenvalue weighted by Gasteiger charge is 2.17. The molecule has 1 unspecified atom stereocenters. The van der Waals surface area contributed by atoms with Crippen LogP contribution in [-0.4, -0.2) is 44.7 Å². The molecule has 1 fully saturated rings. The summed E-state index contributed by atoms with van der Waals surface area (Å²) >= 11 is 0. The molecule has 1 aromatic rings. The monoisotopic (exact) mass is 451 g/mol. The highest BCUT2D eigenvalue weighted by Crippen LogP contribution is 2.15. The number of halogens is 1. The van der Waals surface area contributed by atoms with E-state index in [1.165, 1.54) is 6.42 Å². The minimum absolute atomic E-state index is 0. The lowest BCUT2D eigenvalue weighted by Crippen LogP contribution is -2.43. The molecule has 1 saturated heterocycles. The zero-order chi connectivity index (χ0) is 16.0. The van der Waals surface area contributed by atoms with E-state index in [9.17, 15) is 8.42 Å². The Balaban J connectivity index is 0.00000264. The molecule has 7 heteroatoms. The zero-order valence-electron chi connectivity index (χ0n) is 13.5. The van der Waals surface area contributed by atoms with Crippen LogP contribution in [0.4, 0.5) is 0 Å². The standard InChI is InChI=1S/C16H25N3O2S.HI/c1-14-7-5-11-19(13-14)16(17)18-10-6-12-22(20,21)15-8-3-2-4-9-15;/h2-4,8-9,14H,5-7,10-13H2,1H3,(H2,17,18);1H. The molecule has 2 N–H and O–H groups in total. The second kappa shape index (κ2) is 9.46. The van der Waals surface area contributed by atoms with Crippen LogP contribution in [0.25, 0.3) is 0 Å². The van der Waals surface area contributed by atoms with Gasteiger partial charge >= 0.3 is 0 Å². The van der Waals surface area contributed by atoms with E-state index in [0.29, 0.717) is 29.7 Å². The van der Waals surface area contributed by atoms with Crippen molar-refractivity contribution in [3.63, 3.8) is 0 Å². The van der Waals surface area contributed by atoms with Crippen molar-refractivity contribution in [3.8, 4) is 0 Å². The van der Waals surface area contributed by atoms with Gasteiger partial charge in [0.05, 0.1) is 10.6 Å². The van der Waals surface area contributed by atoms with Crippen molar-refractivity contribution in [1.29, 1.82) is 0 Å². The Labute approximate surface area is 156 Å². The number of piperidine rings is 1. The lowest BCUT2D eigenvalue weighted by atomic mass is 10.0. The van der Waals surface area contributed by atoms with Crippen molar-refractivity contribution < 1.29 is 8.42 Å². The second-order valence-corrected chi connectivity index (χ2v) is 8.03. The van der Waals surface area contributed by atoms with Gasteiger partial charge in [0.2, 0.25) is 0 Å². The molecule has 1 atom stereocenters. The predicted molar refractivity (Wildman–Crippen MR) is 105 cm³/mol. The Morgan fingerprint density at radius 3 is 2.70 bits per heavy atom. The molecule has 0 saturated carbocycles. The van der Waals surface area contributed by atoms with Crippen LogP contribution in [0.5, 0.6) is 0 Å². The number of benzene rings is 1. The topological polar surface area (TPSA) is 75.8 Å². The number of likely N-dealkylation sites (tertiary alicyclic amines) is 1. The summed E-state index contributed by atoms with van der Waals surface area (Å²) in [5, 5.41) is 0. The third-order valence-corrected chi connectivity index (χ3v) is 5.74. The molecule has 0 spiro atoms. The fraction of sp³-hybridized carbons (Fsp3) is 0.562. The van der Waals surface area contributed by atoms with Crippen molar-refractivity contribution in [2.75, 3.05) is 25.4 Å². The summed E-state index contributed by atoms with van der Waals surface area (Å²) in [5.41, 5.74) is 6.00. The van der Waals surface area contributed by atoms with E-state index in [1.807, 2.05) is 6.07 Å². The van der Waals surface area contributed by atoms with Crippen LogP contribution in [-0.2, 0) is 9.84 Å². The summed E-state index contributed by atoms with van der Waals surface area (Å²) < 4.78 is 24.3. The molecule has 1 aliphatic rings. The van der Waals surface area contributed by atoms with E-state index in [4.69, 9.17) is 5.73 Å². The molecular weight excluding hydrogens is 425 g/mol. The van der Waals surface area contributed by atoms with Crippen molar-refractivity contribution in [2.24, 2.45) is 16.6 Å². The summed E-state index contributed by atoms with van der Waals surface area (Å²) in [4.78, 5) is 6.80. The summed E-state index contributed by atoms with van der Waals surface area (Å²) in [5.74, 6) is 1.29. The number of aliphatic imine (C=N–C) groups is 1. The molecule has 0 amide bonds. The van der Waals surface area contributed by atoms with Gasteiger partial charge in [-0.15, -0.1) is 24.0 Å². The van der Waals surface area contributed by atoms with Gasteiger partial charge in [-0.05, 0) is 37.3 Å². The van der Waals surface area contributed by atoms with Crippen LogP contribution in [0.1, 0.15) is 26.2 Å². The fourth-order valence-electron chi connectivity index (χ4n) is 2.69. The van der Waals surface area contributed by atoms with Gasteiger partial charge in [0.25, 0.3) is 0 Å². The Hall–Kier alpha value is -0.830. The van der Waals surface area contributed by atoms with Gasteiger partial charge in [-0.1, -0.05) is 25.1 Å². The molecule has 23 heavy (non-hydrogen) atoms. The first-order valence-corrected chi connectivity index (χ1v) is 9.47. The largest absolute Gasteiger partial charge is 0.370 e. The average molecular weight is 451 g/mol. The minimum Gasteiger partial charge on any atom is -0.370 e. The summed E-state index contributed by atoms with van der Waals surface area (Å²) in [6.45, 7) is 4.55. The first kappa shape index (κ1) is 20.2. The van der Waals surface area contributed by atoms with E-state index >= 15 is 0 Å². The number of hydrogen-bond acceptors (Lipinski definition) is 3. The number of nitrogens with zero attached hydrogens (tertiary/aromatic N) is 2. The maximum Gasteiger partial charge on any atom is 0.191 e. The van der Waals surface area contributed by atoms with Gasteiger partial charge < -0.3 is 10.6 Å². The van der Waals surface area contributed by atoms with Gasteiger partial charge in [0.1, 0.15) is 0 Å². The highest BCUT2D eigenvalue weighted by atomic mass is 127. The van der Waals surface area contributed by atoms with E-state index in [-0.39, 0.29) is 29.7 Å². The number of rotatable bonds is 5. The van der Waals surface area contributed by atoms with Crippen LogP contribution in [0.2, 0.25) is 0 Å². The van der Waals surface area contributed by atoms with Crippen molar-refractivity contribution >= 4 is 39.8 Å². The second-order valence-electron chi connectivity index (χ2n) is 5.92. The number of hydrogen-bond donors (Lipinski definition) is 1. The minimum atomic E-state index is -3.22. The number of nitrogens with two attached hydrogens (primary N) is 1. The first-order valence-electron chi connectivity index (χ1n) is 7.82. The Kier molecular flexibility index (Phi) is 8.32. The predicted octanol–water partition coefficient (Wildman–Crippen LogP) is 2.52. The normalized spacial score (nSPS) is 19.3. The third kappa shape index (κ3) is 6.29. The van der Waals surface area contributed by atoms with Crippen LogP contribution >= 0.6 is 24.0 Å². The van der Waals surface area contributed by atoms with E-state index < -0.39 is 9.84 Å². The van der Waals surface area contributed by atoms with Gasteiger partial charge in [-0.2, -0.15) is 0 Å². The Morgan fingerprint density at radius 1 is 1.35 bits per heavy atom. The molecule has 1 aliphatic heterocycles. The van der Waals surface area contributed by atoms with Crippen molar-refractivity contribution in [2.45, 2.75) is 31.1 Å². The molecule has 1 aromatic carbocycles. The van der Waals surface area contributed by atoms with Gasteiger partial charge in [-0.3, -0.25) is 4.99 Å². The van der Waals surface area contributed by atoms with E-state index in [0.717, 1.165) is 19.5 Å². The first-order chi connectivity index (χ1) is 10.5. The zero-order valence-corrected chi connectivity index (χ0v) is 16.7. The third-order valence-electron chi connectivity index (χ3n) is 3.93. The van der Waals surface area contributed by atoms with E-state index in [1.54, 1.807) is 24.3 Å². The van der Waals surface area contributed by atoms with Crippen LogP contribution in [0, 0.1) is 5.92 Å². The lowest BCUT2D eigenvalue weighted by molar-refractivity contribution is 0.270. The van der Waals surface area contributed by atoms with Crippen molar-refractivity contribution in [1.82, 2.24) is 4.90 Å². The average Bonchev–Trinajstić information content (AvgIpc) is 2.52. The smallest absolute Gasteiger partial charge is 0.191 e. The summed E-state index contributed by atoms with van der Waals surface area (Å²) in [6, 6.07) is 8.54. The Morgan fingerprint density at radius 2 is 2.04 bits per heavy atom. The van der Waals surface area contributed by atoms with E-state index in [2.05, 4.69) is 16.8 Å². The van der Waals surface area contributed by atoms with Gasteiger partial charge in [0.15, 0.2) is 15.8 Å². The summed E-state index contributed by atoms with van der Waals surface area (Å²) in [6.07, 6.45) is 2.86. The van der Waals surface area contributed by atoms with Crippen LogP contribution in [0.15, 0.2) is 40.2 Å². The molecule has 5 nitrogen and oxygen atoms in total. The lowest BCUT2D eigenvalue weighted by Gasteiger charge is -2.31. The van der Waals surface area contributed by atoms with Gasteiger partial charge in [0, 0.05) is 19.6 Å². The van der Waals surface area contributed by atoms with Crippen LogP contribution < -0.4 is 5.73 Å². The SMILES string of the molecule is CC1CCCN(C(N)=NCCCS(=O)(=O)c2ccccc2)C1.I. The maximum atomic E-state index is 12.1. The molecule has 0 aromatic heterocycles.